The fourth-order valence-corrected chi connectivity index (χ4v) is 1.79. The molecule has 100 valence electrons. The van der Waals surface area contributed by atoms with Gasteiger partial charge in [0.1, 0.15) is 5.76 Å². The molecule has 0 aromatic carbocycles. The molecule has 0 fully saturated rings. The standard InChI is InChI=1S/C14H17N3O2/c1-11-10-12(2)17(16-11)8-7-15-14(18)6-5-13-4-3-9-19-13/h3-6,9-10H,7-8H2,1-2H3,(H,15,18). The van der Waals surface area contributed by atoms with Crippen molar-refractivity contribution in [2.75, 3.05) is 6.54 Å². The molecule has 1 amide bonds. The number of nitrogens with one attached hydrogen (secondary N) is 1. The van der Waals surface area contributed by atoms with Crippen LogP contribution in [0.25, 0.3) is 6.08 Å². The van der Waals surface area contributed by atoms with Gasteiger partial charge in [0.25, 0.3) is 0 Å². The van der Waals surface area contributed by atoms with E-state index in [2.05, 4.69) is 10.4 Å². The molecular formula is C14H17N3O2. The zero-order chi connectivity index (χ0) is 13.7. The van der Waals surface area contributed by atoms with Crippen molar-refractivity contribution >= 4 is 12.0 Å². The van der Waals surface area contributed by atoms with Crippen molar-refractivity contribution in [3.8, 4) is 0 Å². The maximum absolute atomic E-state index is 11.5. The second kappa shape index (κ2) is 6.04. The topological polar surface area (TPSA) is 60.1 Å². The molecule has 2 aromatic rings. The van der Waals surface area contributed by atoms with E-state index >= 15 is 0 Å². The van der Waals surface area contributed by atoms with E-state index in [1.54, 1.807) is 24.5 Å². The first-order chi connectivity index (χ1) is 9.15. The molecule has 0 bridgehead atoms. The predicted octanol–water partition coefficient (Wildman–Crippen LogP) is 1.92. The number of rotatable bonds is 5. The zero-order valence-electron chi connectivity index (χ0n) is 11.1. The van der Waals surface area contributed by atoms with Gasteiger partial charge in [0.15, 0.2) is 0 Å². The number of aryl methyl sites for hydroxylation is 2. The van der Waals surface area contributed by atoms with Crippen LogP contribution in [-0.4, -0.2) is 22.2 Å². The van der Waals surface area contributed by atoms with Crippen LogP contribution in [0.3, 0.4) is 0 Å². The Bertz CT molecular complexity index is 568. The number of hydrogen-bond acceptors (Lipinski definition) is 3. The Labute approximate surface area is 111 Å². The third-order valence-electron chi connectivity index (χ3n) is 2.67. The number of nitrogens with zero attached hydrogens (tertiary/aromatic N) is 2. The van der Waals surface area contributed by atoms with Crippen molar-refractivity contribution in [1.29, 1.82) is 0 Å². The van der Waals surface area contributed by atoms with E-state index in [-0.39, 0.29) is 5.91 Å². The van der Waals surface area contributed by atoms with Gasteiger partial charge in [0, 0.05) is 18.3 Å². The molecule has 0 aliphatic heterocycles. The van der Waals surface area contributed by atoms with Gasteiger partial charge in [-0.2, -0.15) is 5.10 Å². The zero-order valence-corrected chi connectivity index (χ0v) is 11.1. The minimum atomic E-state index is -0.141. The first-order valence-corrected chi connectivity index (χ1v) is 6.15. The Balaban J connectivity index is 1.76. The molecule has 0 saturated carbocycles. The SMILES string of the molecule is Cc1cc(C)n(CCNC(=O)C=Cc2ccco2)n1. The lowest BCUT2D eigenvalue weighted by Gasteiger charge is -2.04. The van der Waals surface area contributed by atoms with Crippen molar-refractivity contribution in [3.63, 3.8) is 0 Å². The molecule has 2 heterocycles. The van der Waals surface area contributed by atoms with Crippen LogP contribution >= 0.6 is 0 Å². The third-order valence-corrected chi connectivity index (χ3v) is 2.67. The molecule has 0 saturated heterocycles. The van der Waals surface area contributed by atoms with Gasteiger partial charge < -0.3 is 9.73 Å². The number of aromatic nitrogens is 2. The van der Waals surface area contributed by atoms with E-state index in [9.17, 15) is 4.79 Å². The minimum absolute atomic E-state index is 0.141. The fourth-order valence-electron chi connectivity index (χ4n) is 1.79. The number of hydrogen-bond donors (Lipinski definition) is 1. The van der Waals surface area contributed by atoms with Gasteiger partial charge in [0.2, 0.25) is 5.91 Å². The van der Waals surface area contributed by atoms with Gasteiger partial charge in [-0.1, -0.05) is 0 Å². The highest BCUT2D eigenvalue weighted by Crippen LogP contribution is 2.02. The fraction of sp³-hybridized carbons (Fsp3) is 0.286. The Hall–Kier alpha value is -2.30. The van der Waals surface area contributed by atoms with E-state index in [0.717, 1.165) is 11.4 Å². The van der Waals surface area contributed by atoms with Crippen LogP contribution in [0.4, 0.5) is 0 Å². The largest absolute Gasteiger partial charge is 0.465 e. The summed E-state index contributed by atoms with van der Waals surface area (Å²) in [4.78, 5) is 11.5. The highest BCUT2D eigenvalue weighted by atomic mass is 16.3. The van der Waals surface area contributed by atoms with Crippen molar-refractivity contribution in [2.45, 2.75) is 20.4 Å². The lowest BCUT2D eigenvalue weighted by atomic mass is 10.4. The summed E-state index contributed by atoms with van der Waals surface area (Å²) in [7, 11) is 0. The van der Waals surface area contributed by atoms with Crippen LogP contribution in [-0.2, 0) is 11.3 Å². The van der Waals surface area contributed by atoms with Gasteiger partial charge in [-0.3, -0.25) is 9.48 Å². The van der Waals surface area contributed by atoms with Crippen LogP contribution in [0.1, 0.15) is 17.1 Å². The summed E-state index contributed by atoms with van der Waals surface area (Å²) in [5, 5.41) is 7.13. The lowest BCUT2D eigenvalue weighted by molar-refractivity contribution is -0.116. The van der Waals surface area contributed by atoms with Crippen molar-refractivity contribution in [3.05, 3.63) is 47.7 Å². The first kappa shape index (κ1) is 13.1. The quantitative estimate of drug-likeness (QED) is 0.834. The normalized spacial score (nSPS) is 11.1. The summed E-state index contributed by atoms with van der Waals surface area (Å²) >= 11 is 0. The van der Waals surface area contributed by atoms with E-state index < -0.39 is 0 Å². The summed E-state index contributed by atoms with van der Waals surface area (Å²) in [5.41, 5.74) is 2.08. The Morgan fingerprint density at radius 3 is 3.00 bits per heavy atom. The molecule has 0 spiro atoms. The van der Waals surface area contributed by atoms with Crippen LogP contribution in [0.5, 0.6) is 0 Å². The summed E-state index contributed by atoms with van der Waals surface area (Å²) in [6.45, 7) is 5.16. The molecule has 2 aromatic heterocycles. The van der Waals surface area contributed by atoms with E-state index in [0.29, 0.717) is 18.8 Å². The van der Waals surface area contributed by atoms with Crippen molar-refractivity contribution in [1.82, 2.24) is 15.1 Å². The van der Waals surface area contributed by atoms with E-state index in [4.69, 9.17) is 4.42 Å². The number of carbonyl (C=O) groups is 1. The average Bonchev–Trinajstić information content (AvgIpc) is 2.97. The lowest BCUT2D eigenvalue weighted by Crippen LogP contribution is -2.26. The third kappa shape index (κ3) is 3.84. The second-order valence-corrected chi connectivity index (χ2v) is 4.29. The molecular weight excluding hydrogens is 242 g/mol. The van der Waals surface area contributed by atoms with Crippen LogP contribution in [0.15, 0.2) is 35.0 Å². The van der Waals surface area contributed by atoms with Crippen LogP contribution in [0, 0.1) is 13.8 Å². The summed E-state index contributed by atoms with van der Waals surface area (Å²) in [6, 6.07) is 5.58. The average molecular weight is 259 g/mol. The Kier molecular flexibility index (Phi) is 4.18. The number of carbonyl (C=O) groups excluding carboxylic acids is 1. The van der Waals surface area contributed by atoms with Crippen molar-refractivity contribution < 1.29 is 9.21 Å². The summed E-state index contributed by atoms with van der Waals surface area (Å²) in [6.07, 6.45) is 4.67. The molecule has 0 aliphatic carbocycles. The first-order valence-electron chi connectivity index (χ1n) is 6.15. The molecule has 0 unspecified atom stereocenters. The molecule has 2 rings (SSSR count). The van der Waals surface area contributed by atoms with Gasteiger partial charge in [-0.05, 0) is 38.1 Å². The predicted molar refractivity (Wildman–Crippen MR) is 72.5 cm³/mol. The van der Waals surface area contributed by atoms with Crippen LogP contribution < -0.4 is 5.32 Å². The maximum Gasteiger partial charge on any atom is 0.244 e. The Morgan fingerprint density at radius 2 is 2.37 bits per heavy atom. The van der Waals surface area contributed by atoms with E-state index in [1.165, 1.54) is 6.08 Å². The molecule has 1 N–H and O–H groups in total. The van der Waals surface area contributed by atoms with Gasteiger partial charge in [-0.25, -0.2) is 0 Å². The van der Waals surface area contributed by atoms with Gasteiger partial charge in [0.05, 0.1) is 18.5 Å². The highest BCUT2D eigenvalue weighted by molar-refractivity contribution is 5.91. The van der Waals surface area contributed by atoms with E-state index in [1.807, 2.05) is 24.6 Å². The smallest absolute Gasteiger partial charge is 0.244 e. The summed E-state index contributed by atoms with van der Waals surface area (Å²) < 4.78 is 6.98. The molecule has 19 heavy (non-hydrogen) atoms. The van der Waals surface area contributed by atoms with Gasteiger partial charge >= 0.3 is 0 Å². The summed E-state index contributed by atoms with van der Waals surface area (Å²) in [5.74, 6) is 0.520. The Morgan fingerprint density at radius 1 is 1.53 bits per heavy atom. The molecule has 0 aliphatic rings. The van der Waals surface area contributed by atoms with Crippen LogP contribution in [0.2, 0.25) is 0 Å². The van der Waals surface area contributed by atoms with Gasteiger partial charge in [-0.15, -0.1) is 0 Å². The van der Waals surface area contributed by atoms with Crippen molar-refractivity contribution in [2.24, 2.45) is 0 Å². The molecule has 5 nitrogen and oxygen atoms in total. The maximum atomic E-state index is 11.5. The minimum Gasteiger partial charge on any atom is -0.465 e. The number of amides is 1. The molecule has 0 radical (unpaired) electrons. The number of furan rings is 1. The monoisotopic (exact) mass is 259 g/mol. The second-order valence-electron chi connectivity index (χ2n) is 4.29. The molecule has 0 atom stereocenters. The molecule has 5 heteroatoms. The highest BCUT2D eigenvalue weighted by Gasteiger charge is 2.01.